The lowest BCUT2D eigenvalue weighted by molar-refractivity contribution is -0.384. The fourth-order valence-electron chi connectivity index (χ4n) is 3.00. The second-order valence-electron chi connectivity index (χ2n) is 6.34. The number of benzene rings is 1. The van der Waals surface area contributed by atoms with Gasteiger partial charge in [-0.3, -0.25) is 14.9 Å². The highest BCUT2D eigenvalue weighted by atomic mass is 19.4. The van der Waals surface area contributed by atoms with Gasteiger partial charge < -0.3 is 9.80 Å². The van der Waals surface area contributed by atoms with Crippen LogP contribution in [0.4, 0.5) is 24.7 Å². The average Bonchev–Trinajstić information content (AvgIpc) is 2.93. The number of hydrogen-bond acceptors (Lipinski definition) is 5. The number of hydrogen-bond donors (Lipinski definition) is 0. The molecule has 0 aliphatic carbocycles. The first-order valence-corrected chi connectivity index (χ1v) is 8.57. The lowest BCUT2D eigenvalue weighted by Crippen LogP contribution is -2.35. The molecular formula is C18H17F3N4O3. The second-order valence-corrected chi connectivity index (χ2v) is 6.34. The summed E-state index contributed by atoms with van der Waals surface area (Å²) >= 11 is 0. The van der Waals surface area contributed by atoms with E-state index in [-0.39, 0.29) is 11.6 Å². The highest BCUT2D eigenvalue weighted by Crippen LogP contribution is 2.29. The van der Waals surface area contributed by atoms with Crippen LogP contribution in [0.2, 0.25) is 0 Å². The van der Waals surface area contributed by atoms with Gasteiger partial charge in [-0.1, -0.05) is 0 Å². The lowest BCUT2D eigenvalue weighted by atomic mass is 10.2. The largest absolute Gasteiger partial charge is 0.417 e. The molecule has 1 aromatic heterocycles. The number of anilines is 1. The molecule has 1 fully saturated rings. The molecule has 0 bridgehead atoms. The monoisotopic (exact) mass is 394 g/mol. The Morgan fingerprint density at radius 3 is 2.32 bits per heavy atom. The maximum Gasteiger partial charge on any atom is 0.417 e. The van der Waals surface area contributed by atoms with Crippen LogP contribution >= 0.6 is 0 Å². The van der Waals surface area contributed by atoms with Crippen molar-refractivity contribution in [2.75, 3.05) is 31.1 Å². The predicted octanol–water partition coefficient (Wildman–Crippen LogP) is 3.36. The number of nitro benzene ring substituents is 1. The van der Waals surface area contributed by atoms with Crippen LogP contribution in [-0.4, -0.2) is 46.9 Å². The Hall–Kier alpha value is -3.17. The van der Waals surface area contributed by atoms with E-state index in [0.29, 0.717) is 44.0 Å². The molecule has 1 aromatic carbocycles. The molecule has 2 heterocycles. The summed E-state index contributed by atoms with van der Waals surface area (Å²) in [5.41, 5.74) is -0.542. The number of amides is 1. The molecule has 2 aromatic rings. The molecule has 1 saturated heterocycles. The zero-order valence-electron chi connectivity index (χ0n) is 14.7. The van der Waals surface area contributed by atoms with Gasteiger partial charge in [0.05, 0.1) is 10.5 Å². The molecule has 7 nitrogen and oxygen atoms in total. The maximum absolute atomic E-state index is 12.7. The van der Waals surface area contributed by atoms with Crippen LogP contribution in [0, 0.1) is 10.1 Å². The van der Waals surface area contributed by atoms with Crippen LogP contribution in [0.15, 0.2) is 42.6 Å². The van der Waals surface area contributed by atoms with Gasteiger partial charge in [0.15, 0.2) is 0 Å². The topological polar surface area (TPSA) is 79.6 Å². The number of rotatable bonds is 3. The number of halogens is 3. The summed E-state index contributed by atoms with van der Waals surface area (Å²) < 4.78 is 38.0. The third-order valence-electron chi connectivity index (χ3n) is 4.51. The molecule has 28 heavy (non-hydrogen) atoms. The van der Waals surface area contributed by atoms with Crippen LogP contribution in [0.1, 0.15) is 22.3 Å². The molecule has 0 N–H and O–H groups in total. The summed E-state index contributed by atoms with van der Waals surface area (Å²) in [4.78, 5) is 30.2. The fraction of sp³-hybridized carbons (Fsp3) is 0.333. The van der Waals surface area contributed by atoms with Gasteiger partial charge >= 0.3 is 6.18 Å². The standard InChI is InChI=1S/C18H17F3N4O3/c19-18(20,21)14-4-7-16(22-12-14)23-8-1-9-24(11-10-23)17(26)13-2-5-15(6-3-13)25(27)28/h2-7,12H,1,8-11H2. The van der Waals surface area contributed by atoms with Gasteiger partial charge in [0.1, 0.15) is 5.82 Å². The van der Waals surface area contributed by atoms with Crippen molar-refractivity contribution < 1.29 is 22.9 Å². The van der Waals surface area contributed by atoms with Gasteiger partial charge in [-0.2, -0.15) is 13.2 Å². The minimum atomic E-state index is -4.43. The number of carbonyl (C=O) groups excluding carboxylic acids is 1. The third kappa shape index (κ3) is 4.38. The normalized spacial score (nSPS) is 15.2. The molecule has 1 aliphatic rings. The summed E-state index contributed by atoms with van der Waals surface area (Å²) in [5.74, 6) is 0.190. The number of alkyl halides is 3. The summed E-state index contributed by atoms with van der Waals surface area (Å²) in [6.07, 6.45) is -3.00. The number of nitrogens with zero attached hydrogens (tertiary/aromatic N) is 4. The fourth-order valence-corrected chi connectivity index (χ4v) is 3.00. The highest BCUT2D eigenvalue weighted by Gasteiger charge is 2.31. The molecule has 1 aliphatic heterocycles. The molecule has 0 saturated carbocycles. The number of carbonyl (C=O) groups is 1. The SMILES string of the molecule is O=C(c1ccc([N+](=O)[O-])cc1)N1CCCN(c2ccc(C(F)(F)F)cn2)CC1. The van der Waals surface area contributed by atoms with Crippen LogP contribution in [0.25, 0.3) is 0 Å². The Kier molecular flexibility index (Phi) is 5.48. The Balaban J connectivity index is 1.66. The van der Waals surface area contributed by atoms with E-state index < -0.39 is 16.7 Å². The van der Waals surface area contributed by atoms with Crippen molar-refractivity contribution in [1.29, 1.82) is 0 Å². The minimum Gasteiger partial charge on any atom is -0.355 e. The summed E-state index contributed by atoms with van der Waals surface area (Å²) in [5, 5.41) is 10.7. The molecule has 0 unspecified atom stereocenters. The Morgan fingerprint density at radius 2 is 1.75 bits per heavy atom. The van der Waals surface area contributed by atoms with Crippen molar-refractivity contribution >= 4 is 17.4 Å². The van der Waals surface area contributed by atoms with E-state index in [0.717, 1.165) is 12.3 Å². The van der Waals surface area contributed by atoms with E-state index in [2.05, 4.69) is 4.98 Å². The van der Waals surface area contributed by atoms with Crippen LogP contribution in [-0.2, 0) is 6.18 Å². The number of aromatic nitrogens is 1. The minimum absolute atomic E-state index is 0.0908. The lowest BCUT2D eigenvalue weighted by Gasteiger charge is -2.23. The molecule has 0 radical (unpaired) electrons. The van der Waals surface area contributed by atoms with Gasteiger partial charge in [0.2, 0.25) is 0 Å². The summed E-state index contributed by atoms with van der Waals surface area (Å²) in [6, 6.07) is 7.72. The second kappa shape index (κ2) is 7.83. The zero-order chi connectivity index (χ0) is 20.3. The number of non-ortho nitro benzene ring substituents is 1. The Bertz CT molecular complexity index is 854. The highest BCUT2D eigenvalue weighted by molar-refractivity contribution is 5.94. The Labute approximate surface area is 158 Å². The predicted molar refractivity (Wildman–Crippen MR) is 95.1 cm³/mol. The Morgan fingerprint density at radius 1 is 1.04 bits per heavy atom. The van der Waals surface area contributed by atoms with Gasteiger partial charge in [-0.05, 0) is 30.7 Å². The average molecular weight is 394 g/mol. The van der Waals surface area contributed by atoms with E-state index >= 15 is 0 Å². The van der Waals surface area contributed by atoms with Crippen molar-refractivity contribution in [3.63, 3.8) is 0 Å². The van der Waals surface area contributed by atoms with E-state index in [1.165, 1.54) is 30.3 Å². The first-order chi connectivity index (χ1) is 13.3. The number of pyridine rings is 1. The molecule has 3 rings (SSSR count). The van der Waals surface area contributed by atoms with E-state index in [4.69, 9.17) is 0 Å². The van der Waals surface area contributed by atoms with Crippen molar-refractivity contribution in [2.45, 2.75) is 12.6 Å². The van der Waals surface area contributed by atoms with Crippen molar-refractivity contribution in [1.82, 2.24) is 9.88 Å². The number of nitro groups is 1. The van der Waals surface area contributed by atoms with Crippen LogP contribution in [0.3, 0.4) is 0 Å². The molecule has 1 amide bonds. The quantitative estimate of drug-likeness (QED) is 0.589. The molecule has 10 heteroatoms. The van der Waals surface area contributed by atoms with E-state index in [1.807, 2.05) is 4.90 Å². The smallest absolute Gasteiger partial charge is 0.355 e. The summed E-state index contributed by atoms with van der Waals surface area (Å²) in [7, 11) is 0. The molecule has 148 valence electrons. The van der Waals surface area contributed by atoms with E-state index in [9.17, 15) is 28.1 Å². The van der Waals surface area contributed by atoms with Gasteiger partial charge in [0, 0.05) is 50.1 Å². The molecular weight excluding hydrogens is 377 g/mol. The van der Waals surface area contributed by atoms with Gasteiger partial charge in [-0.25, -0.2) is 4.98 Å². The van der Waals surface area contributed by atoms with Crippen molar-refractivity contribution in [3.05, 3.63) is 63.8 Å². The van der Waals surface area contributed by atoms with Gasteiger partial charge in [0.25, 0.3) is 11.6 Å². The molecule has 0 atom stereocenters. The van der Waals surface area contributed by atoms with Crippen LogP contribution < -0.4 is 4.90 Å². The first kappa shape index (κ1) is 19.6. The van der Waals surface area contributed by atoms with Crippen molar-refractivity contribution in [2.24, 2.45) is 0 Å². The summed E-state index contributed by atoms with van der Waals surface area (Å²) in [6.45, 7) is 1.84. The van der Waals surface area contributed by atoms with Gasteiger partial charge in [-0.15, -0.1) is 0 Å². The van der Waals surface area contributed by atoms with Crippen molar-refractivity contribution in [3.8, 4) is 0 Å². The first-order valence-electron chi connectivity index (χ1n) is 8.57. The van der Waals surface area contributed by atoms with Crippen LogP contribution in [0.5, 0.6) is 0 Å². The van der Waals surface area contributed by atoms with E-state index in [1.54, 1.807) is 4.90 Å². The maximum atomic E-state index is 12.7. The zero-order valence-corrected chi connectivity index (χ0v) is 14.7. The molecule has 0 spiro atoms. The third-order valence-corrected chi connectivity index (χ3v) is 4.51.